The van der Waals surface area contributed by atoms with Gasteiger partial charge in [0.2, 0.25) is 11.8 Å². The minimum atomic E-state index is -0.821. The molecular weight excluding hydrogens is 1070 g/mol. The predicted molar refractivity (Wildman–Crippen MR) is 320 cm³/mol. The number of hydrogen-bond acceptors (Lipinski definition) is 17. The number of rotatable bonds is 17. The lowest BCUT2D eigenvalue weighted by Crippen LogP contribution is -2.51. The standard InChI is InChI=1S/C63H77FN12O6S/c1-7-40-9-8-10-43-27-46(77)28-48(54(40)43)56-55(64)57-49(31-65-56)59(75-32-44-15-16-45(33-75)68-44)70-62(69-57)81-26-25-72-19-17-63(6,18-20-72)35-73-21-23-74(24-22-73)52-30-51(82-71-52)53(37(2)3)61(80)76-34-47(78)29-50(76)60(79)67-38(4)41-11-13-42(14-12-41)58-39(5)66-36-83-58/h8-14,27-28,30-31,36-38,44-45,47,50,53,68,77-78H,7,15-26,29,32-35H2,1-6H3,(H,67,79)/t38-,44-,45+,47+,50-,53-/m0/s1. The van der Waals surface area contributed by atoms with E-state index in [2.05, 4.69) is 54.2 Å². The molecule has 7 aromatic rings. The second kappa shape index (κ2) is 23.7. The van der Waals surface area contributed by atoms with Crippen LogP contribution in [0.2, 0.25) is 0 Å². The fraction of sp³-hybridized carbons (Fsp3) is 0.508. The second-order valence-electron chi connectivity index (χ2n) is 24.5. The number of carbonyl (C=O) groups is 2. The van der Waals surface area contributed by atoms with Crippen LogP contribution in [-0.2, 0) is 16.0 Å². The number of thiazole rings is 1. The van der Waals surface area contributed by atoms with Gasteiger partial charge in [0.05, 0.1) is 33.6 Å². The summed E-state index contributed by atoms with van der Waals surface area (Å²) in [5.74, 6) is -0.127. The Morgan fingerprint density at radius 1 is 0.940 bits per heavy atom. The van der Waals surface area contributed by atoms with Crippen LogP contribution in [0.4, 0.5) is 16.0 Å². The molecule has 2 bridgehead atoms. The van der Waals surface area contributed by atoms with Gasteiger partial charge >= 0.3 is 6.01 Å². The summed E-state index contributed by atoms with van der Waals surface area (Å²) in [5.41, 5.74) is 6.82. The zero-order valence-corrected chi connectivity index (χ0v) is 49.3. The molecule has 438 valence electrons. The van der Waals surface area contributed by atoms with Gasteiger partial charge in [-0.25, -0.2) is 9.37 Å². The third kappa shape index (κ3) is 11.7. The molecule has 18 nitrogen and oxygen atoms in total. The molecule has 0 saturated carbocycles. The van der Waals surface area contributed by atoms with Gasteiger partial charge in [0.1, 0.15) is 41.3 Å². The highest BCUT2D eigenvalue weighted by Gasteiger charge is 2.44. The zero-order valence-electron chi connectivity index (χ0n) is 48.5. The van der Waals surface area contributed by atoms with Crippen molar-refractivity contribution in [3.05, 3.63) is 101 Å². The summed E-state index contributed by atoms with van der Waals surface area (Å²) in [6.45, 7) is 21.0. The monoisotopic (exact) mass is 1150 g/mol. The number of phenols is 1. The van der Waals surface area contributed by atoms with Crippen LogP contribution < -0.4 is 25.2 Å². The maximum atomic E-state index is 17.2. The number of phenolic OH excluding ortho intramolecular Hbond substituents is 1. The molecular formula is C63H77FN12O6S. The van der Waals surface area contributed by atoms with Gasteiger partial charge in [0.15, 0.2) is 17.4 Å². The van der Waals surface area contributed by atoms with Crippen molar-refractivity contribution in [2.45, 2.75) is 116 Å². The fourth-order valence-electron chi connectivity index (χ4n) is 13.6. The molecule has 9 heterocycles. The van der Waals surface area contributed by atoms with Crippen LogP contribution in [-0.4, -0.2) is 165 Å². The Balaban J connectivity index is 0.643. The quantitative estimate of drug-likeness (QED) is 0.0676. The number of piperazine rings is 2. The zero-order chi connectivity index (χ0) is 57.7. The lowest BCUT2D eigenvalue weighted by atomic mass is 9.79. The van der Waals surface area contributed by atoms with E-state index in [1.165, 1.54) is 4.90 Å². The number of hydrogen-bond donors (Lipinski definition) is 4. The van der Waals surface area contributed by atoms with E-state index in [4.69, 9.17) is 24.2 Å². The van der Waals surface area contributed by atoms with E-state index in [1.807, 2.05) is 81.7 Å². The van der Waals surface area contributed by atoms with Crippen molar-refractivity contribution in [1.82, 2.24) is 50.4 Å². The maximum absolute atomic E-state index is 17.2. The Morgan fingerprint density at radius 3 is 2.41 bits per heavy atom. The average Bonchev–Trinajstić information content (AvgIpc) is 3.09. The number of aliphatic hydroxyl groups excluding tert-OH is 1. The number of aromatic hydroxyl groups is 1. The largest absolute Gasteiger partial charge is 0.508 e. The van der Waals surface area contributed by atoms with Crippen molar-refractivity contribution >= 4 is 56.5 Å². The van der Waals surface area contributed by atoms with Gasteiger partial charge in [-0.05, 0) is 110 Å². The Bertz CT molecular complexity index is 3480. The smallest absolute Gasteiger partial charge is 0.319 e. The SMILES string of the molecule is CCc1cccc2cc(O)cc(-c3ncc4c(N5C[C@H]6CC[C@@H](C5)N6)nc(OCCN5CCC(C)(CN6CCN(c7cc([C@@H](C(=O)N8C[C@H](O)C[C@H]8C(=O)N[C@@H](C)c8ccc(-c9scnc9C)cc8)C(C)C)on7)CC6)CC5)nc4c3F)c12. The molecule has 0 radical (unpaired) electrons. The third-order valence-corrected chi connectivity index (χ3v) is 19.2. The molecule has 0 unspecified atom stereocenters. The summed E-state index contributed by atoms with van der Waals surface area (Å²) in [5, 5.41) is 35.1. The minimum absolute atomic E-state index is 0.0439. The number of aliphatic hydroxyl groups is 1. The number of likely N-dealkylation sites (tertiary alicyclic amines) is 2. The molecule has 5 aliphatic heterocycles. The first-order chi connectivity index (χ1) is 40.1. The van der Waals surface area contributed by atoms with Gasteiger partial charge in [-0.15, -0.1) is 11.3 Å². The van der Waals surface area contributed by atoms with E-state index in [0.29, 0.717) is 53.6 Å². The van der Waals surface area contributed by atoms with Crippen LogP contribution >= 0.6 is 11.3 Å². The number of aryl methyl sites for hydroxylation is 2. The van der Waals surface area contributed by atoms with Crippen LogP contribution in [0.25, 0.3) is 43.4 Å². The fourth-order valence-corrected chi connectivity index (χ4v) is 14.4. The normalized spacial score (nSPS) is 22.0. The van der Waals surface area contributed by atoms with E-state index >= 15 is 4.39 Å². The van der Waals surface area contributed by atoms with E-state index in [1.54, 1.807) is 29.7 Å². The molecule has 5 aliphatic rings. The molecule has 20 heteroatoms. The van der Waals surface area contributed by atoms with Crippen molar-refractivity contribution in [3.63, 3.8) is 0 Å². The predicted octanol–water partition coefficient (Wildman–Crippen LogP) is 8.49. The number of benzene rings is 3. The molecule has 2 amide bonds. The first-order valence-electron chi connectivity index (χ1n) is 29.8. The van der Waals surface area contributed by atoms with Gasteiger partial charge in [-0.3, -0.25) is 24.4 Å². The summed E-state index contributed by atoms with van der Waals surface area (Å²) in [6, 6.07) is 18.9. The minimum Gasteiger partial charge on any atom is -0.508 e. The number of fused-ring (bicyclic) bond motifs is 4. The van der Waals surface area contributed by atoms with Crippen LogP contribution in [0.5, 0.6) is 11.8 Å². The molecule has 83 heavy (non-hydrogen) atoms. The highest BCUT2D eigenvalue weighted by molar-refractivity contribution is 7.13. The van der Waals surface area contributed by atoms with Crippen LogP contribution in [0, 0.1) is 24.1 Å². The first kappa shape index (κ1) is 56.6. The van der Waals surface area contributed by atoms with Crippen LogP contribution in [0.3, 0.4) is 0 Å². The average molecular weight is 1150 g/mol. The van der Waals surface area contributed by atoms with E-state index in [-0.39, 0.29) is 65.1 Å². The molecule has 5 fully saturated rings. The molecule has 3 aromatic carbocycles. The number of nitrogens with one attached hydrogen (secondary N) is 2. The Hall–Kier alpha value is -6.84. The van der Waals surface area contributed by atoms with Crippen molar-refractivity contribution < 1.29 is 33.5 Å². The number of amides is 2. The molecule has 0 spiro atoms. The highest BCUT2D eigenvalue weighted by atomic mass is 32.1. The van der Waals surface area contributed by atoms with Gasteiger partial charge < -0.3 is 44.8 Å². The number of nitrogens with zero attached hydrogens (tertiary/aromatic N) is 10. The van der Waals surface area contributed by atoms with Crippen molar-refractivity contribution in [3.8, 4) is 33.5 Å². The van der Waals surface area contributed by atoms with E-state index in [9.17, 15) is 19.8 Å². The van der Waals surface area contributed by atoms with Crippen molar-refractivity contribution in [2.24, 2.45) is 11.3 Å². The summed E-state index contributed by atoms with van der Waals surface area (Å²) in [4.78, 5) is 59.2. The molecule has 6 atom stereocenters. The number of pyridine rings is 1. The van der Waals surface area contributed by atoms with Gasteiger partial charge in [-0.2, -0.15) is 9.97 Å². The van der Waals surface area contributed by atoms with Gasteiger partial charge in [0, 0.05) is 95.2 Å². The summed E-state index contributed by atoms with van der Waals surface area (Å²) in [7, 11) is 0. The lowest BCUT2D eigenvalue weighted by Gasteiger charge is -2.44. The van der Waals surface area contributed by atoms with E-state index < -0.39 is 23.9 Å². The topological polar surface area (TPSA) is 202 Å². The first-order valence-corrected chi connectivity index (χ1v) is 30.7. The highest BCUT2D eigenvalue weighted by Crippen LogP contribution is 2.41. The number of anilines is 2. The Kier molecular flexibility index (Phi) is 16.1. The number of halogens is 1. The Morgan fingerprint density at radius 2 is 1.70 bits per heavy atom. The van der Waals surface area contributed by atoms with Crippen molar-refractivity contribution in [2.75, 3.05) is 88.4 Å². The number of aromatic nitrogens is 5. The molecule has 5 saturated heterocycles. The molecule has 4 N–H and O–H groups in total. The van der Waals surface area contributed by atoms with Gasteiger partial charge in [0.25, 0.3) is 0 Å². The third-order valence-electron chi connectivity index (χ3n) is 18.2. The van der Waals surface area contributed by atoms with Crippen LogP contribution in [0.1, 0.15) is 101 Å². The summed E-state index contributed by atoms with van der Waals surface area (Å²) >= 11 is 1.59. The van der Waals surface area contributed by atoms with Crippen LogP contribution in [0.15, 0.2) is 76.9 Å². The van der Waals surface area contributed by atoms with Gasteiger partial charge in [-0.1, -0.05) is 75.3 Å². The molecule has 0 aliphatic carbocycles. The lowest BCUT2D eigenvalue weighted by molar-refractivity contribution is -0.141. The summed E-state index contributed by atoms with van der Waals surface area (Å²) in [6.07, 6.45) is 6.00. The number of piperidine rings is 1. The Labute approximate surface area is 488 Å². The molecule has 4 aromatic heterocycles. The number of carbonyl (C=O) groups excluding carboxylic acids is 2. The number of β-amino-alcohol motifs (C(OH)–C–C–N with tert-alkyl or cyclic N) is 1. The van der Waals surface area contributed by atoms with Crippen molar-refractivity contribution in [1.29, 1.82) is 0 Å². The number of ether oxygens (including phenoxy) is 1. The maximum Gasteiger partial charge on any atom is 0.319 e. The summed E-state index contributed by atoms with van der Waals surface area (Å²) < 4.78 is 29.5. The molecule has 12 rings (SSSR count). The van der Waals surface area contributed by atoms with E-state index in [0.717, 1.165) is 129 Å². The second-order valence-corrected chi connectivity index (χ2v) is 25.4.